The number of aromatic nitrogens is 2. The van der Waals surface area contributed by atoms with Crippen molar-refractivity contribution in [3.8, 4) is 0 Å². The molecule has 4 nitrogen and oxygen atoms in total. The summed E-state index contributed by atoms with van der Waals surface area (Å²) >= 11 is 0. The number of imidazole rings is 1. The van der Waals surface area contributed by atoms with E-state index in [1.165, 1.54) is 31.6 Å². The van der Waals surface area contributed by atoms with Gasteiger partial charge in [-0.1, -0.05) is 6.42 Å². The molecule has 2 heterocycles. The zero-order valence-corrected chi connectivity index (χ0v) is 9.78. The molecule has 16 heavy (non-hydrogen) atoms. The third kappa shape index (κ3) is 1.40. The number of hydrogen-bond donors (Lipinski definition) is 1. The van der Waals surface area contributed by atoms with Crippen molar-refractivity contribution in [2.45, 2.75) is 31.8 Å². The highest BCUT2D eigenvalue weighted by molar-refractivity contribution is 5.16. The smallest absolute Gasteiger partial charge is 0.126 e. The Morgan fingerprint density at radius 3 is 3.06 bits per heavy atom. The number of hydrogen-bond acceptors (Lipinski definition) is 3. The van der Waals surface area contributed by atoms with Crippen molar-refractivity contribution >= 4 is 0 Å². The number of nitrogens with zero attached hydrogens (tertiary/aromatic N) is 2. The van der Waals surface area contributed by atoms with Gasteiger partial charge in [-0.15, -0.1) is 0 Å². The zero-order chi connectivity index (χ0) is 11.0. The Bertz CT molecular complexity index is 365. The van der Waals surface area contributed by atoms with Gasteiger partial charge < -0.3 is 14.6 Å². The van der Waals surface area contributed by atoms with E-state index in [0.29, 0.717) is 11.5 Å². The lowest BCUT2D eigenvalue weighted by Gasteiger charge is -2.56. The van der Waals surface area contributed by atoms with Gasteiger partial charge in [0.1, 0.15) is 5.82 Å². The standard InChI is InChI=1S/C12H19N3O/c1-16-8-7-15-6-5-13-11(15)10-12(9-14-10)3-2-4-12/h5-6,10,14H,2-4,7-9H2,1H3/t10-/m0/s1. The second-order valence-corrected chi connectivity index (χ2v) is 5.00. The van der Waals surface area contributed by atoms with Crippen molar-refractivity contribution in [2.24, 2.45) is 5.41 Å². The van der Waals surface area contributed by atoms with Gasteiger partial charge in [0.25, 0.3) is 0 Å². The van der Waals surface area contributed by atoms with Crippen molar-refractivity contribution in [1.82, 2.24) is 14.9 Å². The van der Waals surface area contributed by atoms with Crippen LogP contribution in [0, 0.1) is 5.41 Å². The summed E-state index contributed by atoms with van der Waals surface area (Å²) < 4.78 is 7.35. The predicted octanol–water partition coefficient (Wildman–Crippen LogP) is 1.34. The van der Waals surface area contributed by atoms with E-state index in [0.717, 1.165) is 13.2 Å². The number of rotatable bonds is 4. The average molecular weight is 221 g/mol. The van der Waals surface area contributed by atoms with E-state index < -0.39 is 0 Å². The summed E-state index contributed by atoms with van der Waals surface area (Å²) in [5.74, 6) is 1.20. The summed E-state index contributed by atoms with van der Waals surface area (Å²) in [5.41, 5.74) is 0.538. The Labute approximate surface area is 96.0 Å². The van der Waals surface area contributed by atoms with Gasteiger partial charge in [-0.05, 0) is 12.8 Å². The van der Waals surface area contributed by atoms with E-state index in [1.54, 1.807) is 7.11 Å². The molecule has 1 spiro atoms. The fraction of sp³-hybridized carbons (Fsp3) is 0.750. The van der Waals surface area contributed by atoms with Gasteiger partial charge in [0.05, 0.1) is 12.6 Å². The van der Waals surface area contributed by atoms with E-state index >= 15 is 0 Å². The highest BCUT2D eigenvalue weighted by Gasteiger charge is 2.52. The molecule has 0 unspecified atom stereocenters. The molecule has 2 aliphatic rings. The summed E-state index contributed by atoms with van der Waals surface area (Å²) in [6.45, 7) is 2.83. The van der Waals surface area contributed by atoms with Crippen LogP contribution < -0.4 is 5.32 Å². The lowest BCUT2D eigenvalue weighted by atomic mass is 9.59. The molecule has 3 rings (SSSR count). The Morgan fingerprint density at radius 2 is 2.50 bits per heavy atom. The first kappa shape index (κ1) is 10.3. The Balaban J connectivity index is 1.76. The van der Waals surface area contributed by atoms with E-state index in [4.69, 9.17) is 4.74 Å². The third-order valence-corrected chi connectivity index (χ3v) is 4.16. The van der Waals surface area contributed by atoms with Gasteiger partial charge in [0.15, 0.2) is 0 Å². The van der Waals surface area contributed by atoms with Crippen LogP contribution in [0.2, 0.25) is 0 Å². The molecule has 0 radical (unpaired) electrons. The van der Waals surface area contributed by atoms with E-state index in [2.05, 4.69) is 21.1 Å². The SMILES string of the molecule is COCCn1ccnc1[C@@H]1NCC12CCC2. The minimum Gasteiger partial charge on any atom is -0.383 e. The fourth-order valence-corrected chi connectivity index (χ4v) is 2.91. The average Bonchev–Trinajstić information content (AvgIpc) is 2.59. The fourth-order valence-electron chi connectivity index (χ4n) is 2.91. The molecule has 1 atom stereocenters. The van der Waals surface area contributed by atoms with Gasteiger partial charge in [-0.3, -0.25) is 0 Å². The van der Waals surface area contributed by atoms with Crippen LogP contribution in [0.1, 0.15) is 31.1 Å². The topological polar surface area (TPSA) is 39.1 Å². The van der Waals surface area contributed by atoms with Gasteiger partial charge in [0.2, 0.25) is 0 Å². The van der Waals surface area contributed by atoms with Crippen LogP contribution in [0.25, 0.3) is 0 Å². The molecule has 2 fully saturated rings. The maximum atomic E-state index is 5.12. The minimum atomic E-state index is 0.480. The third-order valence-electron chi connectivity index (χ3n) is 4.16. The molecule has 1 saturated carbocycles. The minimum absolute atomic E-state index is 0.480. The van der Waals surface area contributed by atoms with Gasteiger partial charge in [0, 0.05) is 38.0 Å². The summed E-state index contributed by atoms with van der Waals surface area (Å²) in [6.07, 6.45) is 8.07. The largest absolute Gasteiger partial charge is 0.383 e. The molecule has 0 amide bonds. The molecule has 1 saturated heterocycles. The lowest BCUT2D eigenvalue weighted by molar-refractivity contribution is -0.0121. The molecule has 4 heteroatoms. The predicted molar refractivity (Wildman–Crippen MR) is 61.1 cm³/mol. The van der Waals surface area contributed by atoms with E-state index in [1.807, 2.05) is 6.20 Å². The van der Waals surface area contributed by atoms with Crippen LogP contribution in [-0.4, -0.2) is 29.8 Å². The van der Waals surface area contributed by atoms with Crippen LogP contribution in [0.15, 0.2) is 12.4 Å². The maximum absolute atomic E-state index is 5.12. The Kier molecular flexibility index (Phi) is 2.48. The first-order valence-corrected chi connectivity index (χ1v) is 6.09. The van der Waals surface area contributed by atoms with Crippen LogP contribution in [-0.2, 0) is 11.3 Å². The summed E-state index contributed by atoms with van der Waals surface area (Å²) in [7, 11) is 1.74. The molecule has 1 N–H and O–H groups in total. The molecule has 88 valence electrons. The van der Waals surface area contributed by atoms with Crippen LogP contribution in [0.5, 0.6) is 0 Å². The molecular formula is C12H19N3O. The number of ether oxygens (including phenoxy) is 1. The van der Waals surface area contributed by atoms with Crippen molar-refractivity contribution in [2.75, 3.05) is 20.3 Å². The molecule has 1 aliphatic heterocycles. The maximum Gasteiger partial charge on any atom is 0.126 e. The Hall–Kier alpha value is -0.870. The first-order valence-electron chi connectivity index (χ1n) is 6.09. The monoisotopic (exact) mass is 221 g/mol. The molecular weight excluding hydrogens is 202 g/mol. The van der Waals surface area contributed by atoms with Crippen molar-refractivity contribution in [3.05, 3.63) is 18.2 Å². The molecule has 0 bridgehead atoms. The highest BCUT2D eigenvalue weighted by atomic mass is 16.5. The van der Waals surface area contributed by atoms with Crippen molar-refractivity contribution in [1.29, 1.82) is 0 Å². The molecule has 0 aromatic carbocycles. The van der Waals surface area contributed by atoms with Crippen molar-refractivity contribution < 1.29 is 4.74 Å². The van der Waals surface area contributed by atoms with Crippen LogP contribution >= 0.6 is 0 Å². The second kappa shape index (κ2) is 3.86. The van der Waals surface area contributed by atoms with E-state index in [9.17, 15) is 0 Å². The summed E-state index contributed by atoms with van der Waals surface area (Å²) in [5, 5.41) is 3.53. The quantitative estimate of drug-likeness (QED) is 0.834. The Morgan fingerprint density at radius 1 is 1.62 bits per heavy atom. The summed E-state index contributed by atoms with van der Waals surface area (Å²) in [4.78, 5) is 4.51. The molecule has 1 aliphatic carbocycles. The second-order valence-electron chi connectivity index (χ2n) is 5.00. The molecule has 1 aromatic heterocycles. The van der Waals surface area contributed by atoms with Crippen LogP contribution in [0.4, 0.5) is 0 Å². The number of methoxy groups -OCH3 is 1. The first-order chi connectivity index (χ1) is 7.86. The number of nitrogens with one attached hydrogen (secondary N) is 1. The van der Waals surface area contributed by atoms with Crippen molar-refractivity contribution in [3.63, 3.8) is 0 Å². The summed E-state index contributed by atoms with van der Waals surface area (Å²) in [6, 6.07) is 0.480. The van der Waals surface area contributed by atoms with Gasteiger partial charge in [-0.25, -0.2) is 4.98 Å². The zero-order valence-electron chi connectivity index (χ0n) is 9.78. The van der Waals surface area contributed by atoms with E-state index in [-0.39, 0.29) is 0 Å². The van der Waals surface area contributed by atoms with Crippen LogP contribution in [0.3, 0.4) is 0 Å². The van der Waals surface area contributed by atoms with Gasteiger partial charge >= 0.3 is 0 Å². The van der Waals surface area contributed by atoms with Gasteiger partial charge in [-0.2, -0.15) is 0 Å². The molecule has 1 aromatic rings. The lowest BCUT2D eigenvalue weighted by Crippen LogP contribution is -2.60. The normalized spacial score (nSPS) is 26.4. The highest BCUT2D eigenvalue weighted by Crippen LogP contribution is 2.54.